The Balaban J connectivity index is 2.00. The van der Waals surface area contributed by atoms with Crippen molar-refractivity contribution in [3.8, 4) is 23.3 Å². The van der Waals surface area contributed by atoms with E-state index < -0.39 is 5.82 Å². The second-order valence-electron chi connectivity index (χ2n) is 4.34. The SMILES string of the molecule is Oc1ccc(COc2ccc(C#CCCCl)c(F)c2)cc1. The maximum Gasteiger partial charge on any atom is 0.142 e. The lowest BCUT2D eigenvalue weighted by Gasteiger charge is -2.07. The van der Waals surface area contributed by atoms with Crippen molar-refractivity contribution in [2.24, 2.45) is 0 Å². The van der Waals surface area contributed by atoms with Gasteiger partial charge < -0.3 is 9.84 Å². The molecule has 0 unspecified atom stereocenters. The number of rotatable bonds is 4. The second-order valence-corrected chi connectivity index (χ2v) is 4.72. The first-order valence-corrected chi connectivity index (χ1v) is 6.97. The zero-order chi connectivity index (χ0) is 15.1. The molecule has 0 spiro atoms. The van der Waals surface area contributed by atoms with Crippen molar-refractivity contribution < 1.29 is 14.2 Å². The van der Waals surface area contributed by atoms with Crippen LogP contribution in [0, 0.1) is 17.7 Å². The summed E-state index contributed by atoms with van der Waals surface area (Å²) >= 11 is 5.51. The largest absolute Gasteiger partial charge is 0.508 e. The smallest absolute Gasteiger partial charge is 0.142 e. The summed E-state index contributed by atoms with van der Waals surface area (Å²) in [5.74, 6) is 6.17. The van der Waals surface area contributed by atoms with Gasteiger partial charge in [0.05, 0.1) is 5.56 Å². The molecule has 0 saturated heterocycles. The van der Waals surface area contributed by atoms with Gasteiger partial charge in [0.1, 0.15) is 23.9 Å². The molecule has 108 valence electrons. The Hall–Kier alpha value is -2.18. The number of halogens is 2. The number of phenols is 1. The van der Waals surface area contributed by atoms with Crippen LogP contribution in [0.25, 0.3) is 0 Å². The third kappa shape index (κ3) is 4.70. The van der Waals surface area contributed by atoms with Crippen LogP contribution in [-0.4, -0.2) is 11.0 Å². The minimum atomic E-state index is -0.416. The van der Waals surface area contributed by atoms with Gasteiger partial charge in [0.15, 0.2) is 0 Å². The Morgan fingerprint density at radius 3 is 2.57 bits per heavy atom. The van der Waals surface area contributed by atoms with Gasteiger partial charge in [-0.25, -0.2) is 4.39 Å². The van der Waals surface area contributed by atoms with E-state index in [1.165, 1.54) is 6.07 Å². The third-order valence-electron chi connectivity index (χ3n) is 2.72. The fourth-order valence-corrected chi connectivity index (χ4v) is 1.75. The molecule has 2 aromatic rings. The Morgan fingerprint density at radius 2 is 1.90 bits per heavy atom. The lowest BCUT2D eigenvalue weighted by Crippen LogP contribution is -1.96. The van der Waals surface area contributed by atoms with Crippen LogP contribution in [0.4, 0.5) is 4.39 Å². The molecule has 0 aliphatic rings. The number of hydrogen-bond acceptors (Lipinski definition) is 2. The van der Waals surface area contributed by atoms with Gasteiger partial charge in [-0.05, 0) is 29.8 Å². The number of phenolic OH excluding ortho intramolecular Hbond substituents is 1. The predicted octanol–water partition coefficient (Wildman–Crippen LogP) is 4.09. The summed E-state index contributed by atoms with van der Waals surface area (Å²) in [6.07, 6.45) is 0.528. The third-order valence-corrected chi connectivity index (χ3v) is 2.91. The van der Waals surface area contributed by atoms with E-state index in [1.807, 2.05) is 0 Å². The molecule has 2 rings (SSSR count). The minimum Gasteiger partial charge on any atom is -0.508 e. The van der Waals surface area contributed by atoms with Crippen LogP contribution in [0.15, 0.2) is 42.5 Å². The summed E-state index contributed by atoms with van der Waals surface area (Å²) in [6.45, 7) is 0.303. The number of ether oxygens (including phenoxy) is 1. The van der Waals surface area contributed by atoms with Crippen molar-refractivity contribution in [3.05, 3.63) is 59.4 Å². The molecule has 2 aromatic carbocycles. The second kappa shape index (κ2) is 7.56. The fraction of sp³-hybridized carbons (Fsp3) is 0.176. The molecule has 0 aliphatic heterocycles. The zero-order valence-corrected chi connectivity index (χ0v) is 12.0. The van der Waals surface area contributed by atoms with Gasteiger partial charge in [-0.1, -0.05) is 24.0 Å². The highest BCUT2D eigenvalue weighted by molar-refractivity contribution is 6.18. The van der Waals surface area contributed by atoms with Crippen LogP contribution in [0.5, 0.6) is 11.5 Å². The van der Waals surface area contributed by atoms with Crippen molar-refractivity contribution >= 4 is 11.6 Å². The molecule has 0 heterocycles. The first kappa shape index (κ1) is 15.2. The van der Waals surface area contributed by atoms with Crippen LogP contribution in [0.2, 0.25) is 0 Å². The number of hydrogen-bond donors (Lipinski definition) is 1. The summed E-state index contributed by atoms with van der Waals surface area (Å²) < 4.78 is 19.3. The summed E-state index contributed by atoms with van der Waals surface area (Å²) in [4.78, 5) is 0. The van der Waals surface area contributed by atoms with E-state index in [-0.39, 0.29) is 5.75 Å². The highest BCUT2D eigenvalue weighted by Crippen LogP contribution is 2.18. The quantitative estimate of drug-likeness (QED) is 0.681. The van der Waals surface area contributed by atoms with E-state index >= 15 is 0 Å². The fourth-order valence-electron chi connectivity index (χ4n) is 1.65. The van der Waals surface area contributed by atoms with Gasteiger partial charge in [0, 0.05) is 18.4 Å². The maximum absolute atomic E-state index is 13.8. The molecule has 4 heteroatoms. The van der Waals surface area contributed by atoms with Gasteiger partial charge in [-0.3, -0.25) is 0 Å². The Labute approximate surface area is 128 Å². The van der Waals surface area contributed by atoms with E-state index in [1.54, 1.807) is 36.4 Å². The summed E-state index contributed by atoms with van der Waals surface area (Å²) in [5.41, 5.74) is 1.22. The maximum atomic E-state index is 13.8. The molecular formula is C17H14ClFO2. The molecule has 21 heavy (non-hydrogen) atoms. The van der Waals surface area contributed by atoms with Gasteiger partial charge in [-0.2, -0.15) is 0 Å². The van der Waals surface area contributed by atoms with E-state index in [0.29, 0.717) is 30.2 Å². The van der Waals surface area contributed by atoms with E-state index in [9.17, 15) is 9.50 Å². The number of benzene rings is 2. The van der Waals surface area contributed by atoms with Gasteiger partial charge >= 0.3 is 0 Å². The topological polar surface area (TPSA) is 29.5 Å². The van der Waals surface area contributed by atoms with Crippen LogP contribution in [-0.2, 0) is 6.61 Å². The average molecular weight is 305 g/mol. The molecule has 0 saturated carbocycles. The van der Waals surface area contributed by atoms with Crippen LogP contribution < -0.4 is 4.74 Å². The van der Waals surface area contributed by atoms with E-state index in [0.717, 1.165) is 5.56 Å². The molecule has 1 N–H and O–H groups in total. The van der Waals surface area contributed by atoms with Crippen molar-refractivity contribution in [1.82, 2.24) is 0 Å². The minimum absolute atomic E-state index is 0.199. The standard InChI is InChI=1S/C17H14ClFO2/c18-10-2-1-3-14-6-9-16(11-17(14)19)21-12-13-4-7-15(20)8-5-13/h4-9,11,20H,2,10,12H2. The first-order chi connectivity index (χ1) is 10.2. The molecular weight excluding hydrogens is 291 g/mol. The lowest BCUT2D eigenvalue weighted by atomic mass is 10.2. The average Bonchev–Trinajstić information content (AvgIpc) is 2.49. The van der Waals surface area contributed by atoms with Crippen molar-refractivity contribution in [2.75, 3.05) is 5.88 Å². The van der Waals surface area contributed by atoms with Crippen molar-refractivity contribution in [1.29, 1.82) is 0 Å². The molecule has 0 radical (unpaired) electrons. The Bertz CT molecular complexity index is 657. The molecule has 0 amide bonds. The molecule has 0 atom stereocenters. The zero-order valence-electron chi connectivity index (χ0n) is 11.3. The highest BCUT2D eigenvalue weighted by Gasteiger charge is 2.03. The summed E-state index contributed by atoms with van der Waals surface area (Å²) in [5, 5.41) is 9.19. The summed E-state index contributed by atoms with van der Waals surface area (Å²) in [6, 6.07) is 11.2. The van der Waals surface area contributed by atoms with Crippen LogP contribution in [0.1, 0.15) is 17.5 Å². The molecule has 0 fully saturated rings. The van der Waals surface area contributed by atoms with Gasteiger partial charge in [-0.15, -0.1) is 11.6 Å². The van der Waals surface area contributed by atoms with Crippen LogP contribution in [0.3, 0.4) is 0 Å². The predicted molar refractivity (Wildman–Crippen MR) is 81.1 cm³/mol. The van der Waals surface area contributed by atoms with Crippen molar-refractivity contribution in [3.63, 3.8) is 0 Å². The number of aromatic hydroxyl groups is 1. The Kier molecular flexibility index (Phi) is 5.48. The normalized spacial score (nSPS) is 9.81. The molecule has 0 aliphatic carbocycles. The summed E-state index contributed by atoms with van der Waals surface area (Å²) in [7, 11) is 0. The number of alkyl halides is 1. The highest BCUT2D eigenvalue weighted by atomic mass is 35.5. The Morgan fingerprint density at radius 1 is 1.14 bits per heavy atom. The molecule has 2 nitrogen and oxygen atoms in total. The van der Waals surface area contributed by atoms with Crippen molar-refractivity contribution in [2.45, 2.75) is 13.0 Å². The molecule has 0 aromatic heterocycles. The van der Waals surface area contributed by atoms with Gasteiger partial charge in [0.25, 0.3) is 0 Å². The molecule has 0 bridgehead atoms. The lowest BCUT2D eigenvalue weighted by molar-refractivity contribution is 0.304. The first-order valence-electron chi connectivity index (χ1n) is 6.44. The monoisotopic (exact) mass is 304 g/mol. The van der Waals surface area contributed by atoms with E-state index in [2.05, 4.69) is 11.8 Å². The van der Waals surface area contributed by atoms with E-state index in [4.69, 9.17) is 16.3 Å². The van der Waals surface area contributed by atoms with Crippen LogP contribution >= 0.6 is 11.6 Å². The van der Waals surface area contributed by atoms with Gasteiger partial charge in [0.2, 0.25) is 0 Å².